The van der Waals surface area contributed by atoms with E-state index in [1.165, 1.54) is 11.4 Å². The van der Waals surface area contributed by atoms with E-state index in [1.54, 1.807) is 0 Å². The summed E-state index contributed by atoms with van der Waals surface area (Å²) in [5, 5.41) is 4.63. The fourth-order valence-corrected chi connectivity index (χ4v) is 4.19. The molecule has 0 amide bonds. The third-order valence-corrected chi connectivity index (χ3v) is 6.39. The SMILES string of the molecule is CCc1cc(CN2CCC(SC)(C(N)=S)CC2)n(CC)n1. The van der Waals surface area contributed by atoms with Crippen LogP contribution in [0.15, 0.2) is 6.07 Å². The highest BCUT2D eigenvalue weighted by Crippen LogP contribution is 2.35. The lowest BCUT2D eigenvalue weighted by atomic mass is 9.95. The summed E-state index contributed by atoms with van der Waals surface area (Å²) in [4.78, 5) is 3.16. The summed E-state index contributed by atoms with van der Waals surface area (Å²) in [7, 11) is 0. The van der Waals surface area contributed by atoms with E-state index >= 15 is 0 Å². The highest BCUT2D eigenvalue weighted by molar-refractivity contribution is 8.02. The van der Waals surface area contributed by atoms with Gasteiger partial charge in [0.15, 0.2) is 0 Å². The molecule has 2 heterocycles. The number of nitrogens with two attached hydrogens (primary N) is 1. The van der Waals surface area contributed by atoms with Gasteiger partial charge in [0.05, 0.1) is 21.1 Å². The maximum absolute atomic E-state index is 5.96. The third-order valence-electron chi connectivity index (χ3n) is 4.46. The number of hydrogen-bond donors (Lipinski definition) is 1. The van der Waals surface area contributed by atoms with Gasteiger partial charge in [-0.15, -0.1) is 0 Å². The van der Waals surface area contributed by atoms with Crippen LogP contribution in [0, 0.1) is 0 Å². The third kappa shape index (κ3) is 3.60. The van der Waals surface area contributed by atoms with Gasteiger partial charge in [-0.3, -0.25) is 9.58 Å². The second-order valence-electron chi connectivity index (χ2n) is 5.64. The van der Waals surface area contributed by atoms with Crippen LogP contribution in [0.3, 0.4) is 0 Å². The molecular formula is C15H26N4S2. The Kier molecular flexibility index (Phi) is 5.68. The predicted molar refractivity (Wildman–Crippen MR) is 94.8 cm³/mol. The van der Waals surface area contributed by atoms with Crippen molar-refractivity contribution < 1.29 is 0 Å². The molecule has 1 aromatic heterocycles. The van der Waals surface area contributed by atoms with Crippen molar-refractivity contribution >= 4 is 29.0 Å². The lowest BCUT2D eigenvalue weighted by Crippen LogP contribution is -2.49. The van der Waals surface area contributed by atoms with Crippen molar-refractivity contribution in [3.8, 4) is 0 Å². The van der Waals surface area contributed by atoms with Gasteiger partial charge in [0.1, 0.15) is 0 Å². The van der Waals surface area contributed by atoms with E-state index in [0.29, 0.717) is 4.99 Å². The lowest BCUT2D eigenvalue weighted by molar-refractivity contribution is 0.207. The molecule has 1 aliphatic heterocycles. The lowest BCUT2D eigenvalue weighted by Gasteiger charge is -2.40. The van der Waals surface area contributed by atoms with Gasteiger partial charge in [0.2, 0.25) is 0 Å². The Morgan fingerprint density at radius 3 is 2.57 bits per heavy atom. The Labute approximate surface area is 137 Å². The monoisotopic (exact) mass is 326 g/mol. The smallest absolute Gasteiger partial charge is 0.0891 e. The second-order valence-corrected chi connectivity index (χ2v) is 7.26. The Morgan fingerprint density at radius 2 is 2.10 bits per heavy atom. The molecule has 1 saturated heterocycles. The summed E-state index contributed by atoms with van der Waals surface area (Å²) in [6.45, 7) is 8.32. The molecular weight excluding hydrogens is 300 g/mol. The number of thiocarbonyl (C=S) groups is 1. The zero-order valence-corrected chi connectivity index (χ0v) is 14.9. The second kappa shape index (κ2) is 7.11. The molecule has 2 N–H and O–H groups in total. The minimum Gasteiger partial charge on any atom is -0.392 e. The topological polar surface area (TPSA) is 47.1 Å². The molecule has 0 spiro atoms. The van der Waals surface area contributed by atoms with Gasteiger partial charge in [0.25, 0.3) is 0 Å². The summed E-state index contributed by atoms with van der Waals surface area (Å²) in [5.41, 5.74) is 8.46. The Morgan fingerprint density at radius 1 is 1.43 bits per heavy atom. The first kappa shape index (κ1) is 16.8. The summed E-state index contributed by atoms with van der Waals surface area (Å²) >= 11 is 7.09. The van der Waals surface area contributed by atoms with E-state index < -0.39 is 0 Å². The van der Waals surface area contributed by atoms with Gasteiger partial charge < -0.3 is 5.73 Å². The van der Waals surface area contributed by atoms with Crippen LogP contribution in [0.1, 0.15) is 38.1 Å². The number of rotatable bonds is 6. The molecule has 0 saturated carbocycles. The molecule has 21 heavy (non-hydrogen) atoms. The molecule has 0 aromatic carbocycles. The Balaban J connectivity index is 2.00. The van der Waals surface area contributed by atoms with E-state index in [9.17, 15) is 0 Å². The number of piperidine rings is 1. The van der Waals surface area contributed by atoms with Crippen molar-refractivity contribution in [2.75, 3.05) is 19.3 Å². The molecule has 1 aliphatic rings. The van der Waals surface area contributed by atoms with Crippen molar-refractivity contribution in [2.45, 2.75) is 50.9 Å². The highest BCUT2D eigenvalue weighted by atomic mass is 32.2. The van der Waals surface area contributed by atoms with Crippen molar-refractivity contribution in [2.24, 2.45) is 5.73 Å². The van der Waals surface area contributed by atoms with Crippen LogP contribution in [0.2, 0.25) is 0 Å². The van der Waals surface area contributed by atoms with E-state index in [4.69, 9.17) is 18.0 Å². The highest BCUT2D eigenvalue weighted by Gasteiger charge is 2.36. The largest absolute Gasteiger partial charge is 0.392 e. The van der Waals surface area contributed by atoms with Crippen LogP contribution in [-0.2, 0) is 19.5 Å². The van der Waals surface area contributed by atoms with E-state index in [0.717, 1.165) is 45.4 Å². The quantitative estimate of drug-likeness (QED) is 0.814. The van der Waals surface area contributed by atoms with Crippen LogP contribution in [0.25, 0.3) is 0 Å². The van der Waals surface area contributed by atoms with Crippen molar-refractivity contribution in [1.29, 1.82) is 0 Å². The molecule has 1 aromatic rings. The molecule has 0 unspecified atom stereocenters. The maximum atomic E-state index is 5.96. The van der Waals surface area contributed by atoms with E-state index in [1.807, 2.05) is 11.8 Å². The fraction of sp³-hybridized carbons (Fsp3) is 0.733. The van der Waals surface area contributed by atoms with Crippen molar-refractivity contribution in [3.05, 3.63) is 17.5 Å². The molecule has 0 bridgehead atoms. The summed E-state index contributed by atoms with van der Waals surface area (Å²) in [6, 6.07) is 2.24. The van der Waals surface area contributed by atoms with Gasteiger partial charge in [-0.25, -0.2) is 0 Å². The van der Waals surface area contributed by atoms with Crippen LogP contribution in [-0.4, -0.2) is 43.8 Å². The number of hydrogen-bond acceptors (Lipinski definition) is 4. The summed E-state index contributed by atoms with van der Waals surface area (Å²) in [6.07, 6.45) is 5.21. The standard InChI is InChI=1S/C15H26N4S2/c1-4-12-10-13(19(5-2)17-12)11-18-8-6-15(21-3,7-9-18)14(16)20/h10H,4-9,11H2,1-3H3,(H2,16,20). The van der Waals surface area contributed by atoms with E-state index in [2.05, 4.69) is 40.9 Å². The first-order chi connectivity index (χ1) is 10.0. The normalized spacial score (nSPS) is 18.8. The first-order valence-electron chi connectivity index (χ1n) is 7.67. The van der Waals surface area contributed by atoms with Gasteiger partial charge in [-0.1, -0.05) is 19.1 Å². The number of thioether (sulfide) groups is 1. The molecule has 6 heteroatoms. The molecule has 118 valence electrons. The Bertz CT molecular complexity index is 490. The predicted octanol–water partition coefficient (Wildman–Crippen LogP) is 2.45. The first-order valence-corrected chi connectivity index (χ1v) is 9.31. The van der Waals surface area contributed by atoms with Gasteiger partial charge in [0, 0.05) is 26.2 Å². The number of aromatic nitrogens is 2. The molecule has 0 aliphatic carbocycles. The Hall–Kier alpha value is -0.590. The average molecular weight is 327 g/mol. The van der Waals surface area contributed by atoms with Gasteiger partial charge in [-0.2, -0.15) is 16.9 Å². The van der Waals surface area contributed by atoms with Gasteiger partial charge in [-0.05, 0) is 38.5 Å². The fourth-order valence-electron chi connectivity index (χ4n) is 2.94. The molecule has 0 radical (unpaired) electrons. The number of aryl methyl sites for hydroxylation is 2. The van der Waals surface area contributed by atoms with Crippen LogP contribution >= 0.6 is 24.0 Å². The zero-order chi connectivity index (χ0) is 15.5. The molecule has 4 nitrogen and oxygen atoms in total. The zero-order valence-electron chi connectivity index (χ0n) is 13.3. The minimum absolute atomic E-state index is 0.00537. The molecule has 0 atom stereocenters. The van der Waals surface area contributed by atoms with Gasteiger partial charge >= 0.3 is 0 Å². The van der Waals surface area contributed by atoms with Crippen molar-refractivity contribution in [1.82, 2.24) is 14.7 Å². The average Bonchev–Trinajstić information content (AvgIpc) is 2.90. The molecule has 2 rings (SSSR count). The minimum atomic E-state index is 0.00537. The molecule has 1 fully saturated rings. The van der Waals surface area contributed by atoms with Crippen LogP contribution in [0.5, 0.6) is 0 Å². The summed E-state index contributed by atoms with van der Waals surface area (Å²) in [5.74, 6) is 0. The number of nitrogens with zero attached hydrogens (tertiary/aromatic N) is 3. The van der Waals surface area contributed by atoms with Crippen LogP contribution in [0.4, 0.5) is 0 Å². The van der Waals surface area contributed by atoms with E-state index in [-0.39, 0.29) is 4.75 Å². The van der Waals surface area contributed by atoms with Crippen molar-refractivity contribution in [3.63, 3.8) is 0 Å². The summed E-state index contributed by atoms with van der Waals surface area (Å²) < 4.78 is 2.13. The van der Waals surface area contributed by atoms with Crippen LogP contribution < -0.4 is 5.73 Å². The maximum Gasteiger partial charge on any atom is 0.0891 e. The number of likely N-dealkylation sites (tertiary alicyclic amines) is 1.